The van der Waals surface area contributed by atoms with Gasteiger partial charge in [0.25, 0.3) is 0 Å². The SMILES string of the molecule is COc1cc(NCCCNCC(c2ccccc2)c2ccccc2)nc2ccccc12. The minimum Gasteiger partial charge on any atom is -0.496 e. The van der Waals surface area contributed by atoms with Gasteiger partial charge in [0, 0.05) is 30.5 Å². The average Bonchev–Trinajstić information content (AvgIpc) is 2.84. The first-order chi connectivity index (χ1) is 15.3. The van der Waals surface area contributed by atoms with E-state index in [4.69, 9.17) is 9.72 Å². The maximum atomic E-state index is 5.53. The lowest BCUT2D eigenvalue weighted by atomic mass is 9.91. The van der Waals surface area contributed by atoms with Crippen molar-refractivity contribution in [2.45, 2.75) is 12.3 Å². The first kappa shape index (κ1) is 20.9. The Balaban J connectivity index is 1.30. The Morgan fingerprint density at radius 1 is 0.806 bits per heavy atom. The fraction of sp³-hybridized carbons (Fsp3) is 0.222. The van der Waals surface area contributed by atoms with Crippen LogP contribution in [-0.2, 0) is 0 Å². The number of pyridine rings is 1. The number of nitrogens with one attached hydrogen (secondary N) is 2. The largest absolute Gasteiger partial charge is 0.496 e. The van der Waals surface area contributed by atoms with Crippen LogP contribution in [0.4, 0.5) is 5.82 Å². The molecule has 0 amide bonds. The fourth-order valence-corrected chi connectivity index (χ4v) is 3.88. The van der Waals surface area contributed by atoms with Crippen LogP contribution in [-0.4, -0.2) is 31.7 Å². The van der Waals surface area contributed by atoms with E-state index in [0.29, 0.717) is 5.92 Å². The van der Waals surface area contributed by atoms with Gasteiger partial charge in [0.05, 0.1) is 12.6 Å². The van der Waals surface area contributed by atoms with Gasteiger partial charge in [0.15, 0.2) is 0 Å². The van der Waals surface area contributed by atoms with Crippen molar-refractivity contribution < 1.29 is 4.74 Å². The molecule has 1 heterocycles. The van der Waals surface area contributed by atoms with Crippen molar-refractivity contribution in [3.05, 3.63) is 102 Å². The number of fused-ring (bicyclic) bond motifs is 1. The van der Waals surface area contributed by atoms with Gasteiger partial charge in [-0.25, -0.2) is 4.98 Å². The third-order valence-electron chi connectivity index (χ3n) is 5.49. The van der Waals surface area contributed by atoms with Gasteiger partial charge in [0.2, 0.25) is 0 Å². The number of hydrogen-bond donors (Lipinski definition) is 2. The van der Waals surface area contributed by atoms with Crippen LogP contribution in [0.3, 0.4) is 0 Å². The highest BCUT2D eigenvalue weighted by atomic mass is 16.5. The number of aromatic nitrogens is 1. The molecule has 0 saturated carbocycles. The number of para-hydroxylation sites is 1. The van der Waals surface area contributed by atoms with E-state index in [1.165, 1.54) is 11.1 Å². The normalized spacial score (nSPS) is 11.0. The van der Waals surface area contributed by atoms with Gasteiger partial charge in [-0.3, -0.25) is 0 Å². The highest BCUT2D eigenvalue weighted by Crippen LogP contribution is 2.27. The molecule has 3 aromatic carbocycles. The standard InChI is InChI=1S/C27H29N3O/c1-31-26-19-27(30-25-16-9-8-15-23(25)26)29-18-10-17-28-20-24(21-11-4-2-5-12-21)22-13-6-3-7-14-22/h2-9,11-16,19,24,28H,10,17-18,20H2,1H3,(H,29,30). The maximum Gasteiger partial charge on any atom is 0.131 e. The second-order valence-corrected chi connectivity index (χ2v) is 7.59. The molecule has 1 aromatic heterocycles. The summed E-state index contributed by atoms with van der Waals surface area (Å²) in [6.07, 6.45) is 1.01. The Bertz CT molecular complexity index is 1040. The van der Waals surface area contributed by atoms with E-state index in [-0.39, 0.29) is 0 Å². The summed E-state index contributed by atoms with van der Waals surface area (Å²) in [4.78, 5) is 4.70. The summed E-state index contributed by atoms with van der Waals surface area (Å²) in [6.45, 7) is 2.70. The van der Waals surface area contributed by atoms with E-state index in [2.05, 4.69) is 71.3 Å². The molecule has 0 bridgehead atoms. The Morgan fingerprint density at radius 3 is 2.13 bits per heavy atom. The van der Waals surface area contributed by atoms with Crippen LogP contribution >= 0.6 is 0 Å². The van der Waals surface area contributed by atoms with Crippen molar-refractivity contribution in [2.75, 3.05) is 32.1 Å². The summed E-state index contributed by atoms with van der Waals surface area (Å²) in [7, 11) is 1.70. The number of methoxy groups -OCH3 is 1. The highest BCUT2D eigenvalue weighted by Gasteiger charge is 2.13. The predicted octanol–water partition coefficient (Wildman–Crippen LogP) is 5.47. The monoisotopic (exact) mass is 411 g/mol. The summed E-state index contributed by atoms with van der Waals surface area (Å²) >= 11 is 0. The minimum absolute atomic E-state index is 0.349. The molecular weight excluding hydrogens is 382 g/mol. The van der Waals surface area contributed by atoms with E-state index < -0.39 is 0 Å². The van der Waals surface area contributed by atoms with Gasteiger partial charge in [-0.1, -0.05) is 72.8 Å². The van der Waals surface area contributed by atoms with Gasteiger partial charge < -0.3 is 15.4 Å². The van der Waals surface area contributed by atoms with Crippen LogP contribution in [0, 0.1) is 0 Å². The lowest BCUT2D eigenvalue weighted by Gasteiger charge is -2.19. The Labute approximate surface area is 184 Å². The van der Waals surface area contributed by atoms with Crippen molar-refractivity contribution >= 4 is 16.7 Å². The van der Waals surface area contributed by atoms with Crippen LogP contribution in [0.25, 0.3) is 10.9 Å². The van der Waals surface area contributed by atoms with E-state index >= 15 is 0 Å². The van der Waals surface area contributed by atoms with Crippen molar-refractivity contribution in [3.8, 4) is 5.75 Å². The maximum absolute atomic E-state index is 5.53. The summed E-state index contributed by atoms with van der Waals surface area (Å²) in [5.41, 5.74) is 3.62. The van der Waals surface area contributed by atoms with Crippen LogP contribution in [0.15, 0.2) is 91.0 Å². The van der Waals surface area contributed by atoms with Crippen LogP contribution in [0.5, 0.6) is 5.75 Å². The average molecular weight is 412 g/mol. The van der Waals surface area contributed by atoms with Gasteiger partial charge in [-0.15, -0.1) is 0 Å². The molecule has 4 aromatic rings. The topological polar surface area (TPSA) is 46.2 Å². The highest BCUT2D eigenvalue weighted by molar-refractivity contribution is 5.86. The van der Waals surface area contributed by atoms with Gasteiger partial charge in [-0.2, -0.15) is 0 Å². The van der Waals surface area contributed by atoms with Gasteiger partial charge in [-0.05, 0) is 36.2 Å². The second-order valence-electron chi connectivity index (χ2n) is 7.59. The fourth-order valence-electron chi connectivity index (χ4n) is 3.88. The molecule has 158 valence electrons. The lowest BCUT2D eigenvalue weighted by Crippen LogP contribution is -2.24. The summed E-state index contributed by atoms with van der Waals surface area (Å²) in [6, 6.07) is 31.4. The third kappa shape index (κ3) is 5.41. The summed E-state index contributed by atoms with van der Waals surface area (Å²) in [5.74, 6) is 2.04. The summed E-state index contributed by atoms with van der Waals surface area (Å²) < 4.78 is 5.53. The van der Waals surface area contributed by atoms with Gasteiger partial charge >= 0.3 is 0 Å². The third-order valence-corrected chi connectivity index (χ3v) is 5.49. The molecule has 0 radical (unpaired) electrons. The molecule has 0 aliphatic carbocycles. The molecule has 2 N–H and O–H groups in total. The van der Waals surface area contributed by atoms with E-state index in [1.807, 2.05) is 30.3 Å². The van der Waals surface area contributed by atoms with Crippen molar-refractivity contribution in [2.24, 2.45) is 0 Å². The molecule has 4 heteroatoms. The van der Waals surface area contributed by atoms with Gasteiger partial charge in [0.1, 0.15) is 11.6 Å². The Kier molecular flexibility index (Phi) is 7.14. The molecular formula is C27H29N3O. The zero-order valence-electron chi connectivity index (χ0n) is 17.9. The first-order valence-electron chi connectivity index (χ1n) is 10.8. The quantitative estimate of drug-likeness (QED) is 0.340. The molecule has 0 aliphatic heterocycles. The number of ether oxygens (including phenoxy) is 1. The summed E-state index contributed by atoms with van der Waals surface area (Å²) in [5, 5.41) is 8.10. The van der Waals surface area contributed by atoms with Crippen LogP contribution in [0.2, 0.25) is 0 Å². The Hall–Kier alpha value is -3.37. The molecule has 0 unspecified atom stereocenters. The molecule has 0 aliphatic rings. The van der Waals surface area contributed by atoms with E-state index in [0.717, 1.165) is 48.5 Å². The van der Waals surface area contributed by atoms with Crippen LogP contribution in [0.1, 0.15) is 23.5 Å². The minimum atomic E-state index is 0.349. The van der Waals surface area contributed by atoms with Crippen LogP contribution < -0.4 is 15.4 Å². The molecule has 31 heavy (non-hydrogen) atoms. The second kappa shape index (κ2) is 10.6. The number of hydrogen-bond acceptors (Lipinski definition) is 4. The number of nitrogens with zero attached hydrogens (tertiary/aromatic N) is 1. The number of anilines is 1. The molecule has 4 rings (SSSR count). The molecule has 0 saturated heterocycles. The number of benzene rings is 3. The molecule has 4 nitrogen and oxygen atoms in total. The van der Waals surface area contributed by atoms with Crippen molar-refractivity contribution in [1.82, 2.24) is 10.3 Å². The number of rotatable bonds is 10. The first-order valence-corrected chi connectivity index (χ1v) is 10.8. The smallest absolute Gasteiger partial charge is 0.131 e. The zero-order chi connectivity index (χ0) is 21.3. The van der Waals surface area contributed by atoms with Crippen molar-refractivity contribution in [3.63, 3.8) is 0 Å². The Morgan fingerprint density at radius 2 is 1.45 bits per heavy atom. The molecule has 0 atom stereocenters. The van der Waals surface area contributed by atoms with E-state index in [1.54, 1.807) is 7.11 Å². The lowest BCUT2D eigenvalue weighted by molar-refractivity contribution is 0.419. The van der Waals surface area contributed by atoms with Crippen molar-refractivity contribution in [1.29, 1.82) is 0 Å². The predicted molar refractivity (Wildman–Crippen MR) is 129 cm³/mol. The van der Waals surface area contributed by atoms with E-state index in [9.17, 15) is 0 Å². The molecule has 0 spiro atoms. The zero-order valence-corrected chi connectivity index (χ0v) is 17.9. The molecule has 0 fully saturated rings.